The third-order valence-electron chi connectivity index (χ3n) is 4.67. The second-order valence-electron chi connectivity index (χ2n) is 6.64. The zero-order chi connectivity index (χ0) is 22.5. The molecule has 10 nitrogen and oxygen atoms in total. The van der Waals surface area contributed by atoms with Crippen LogP contribution in [0.3, 0.4) is 0 Å². The first kappa shape index (κ1) is 22.2. The van der Waals surface area contributed by atoms with Crippen LogP contribution in [0.2, 0.25) is 0 Å². The molecule has 0 fully saturated rings. The molecule has 1 atom stereocenters. The minimum atomic E-state index is -0.653. The van der Waals surface area contributed by atoms with Crippen molar-refractivity contribution in [3.8, 4) is 23.8 Å². The molecule has 1 aliphatic heterocycles. The average Bonchev–Trinajstić information content (AvgIpc) is 2.74. The van der Waals surface area contributed by atoms with Gasteiger partial charge in [0, 0.05) is 5.56 Å². The Bertz CT molecular complexity index is 1120. The van der Waals surface area contributed by atoms with Gasteiger partial charge in [-0.15, -0.1) is 0 Å². The predicted molar refractivity (Wildman–Crippen MR) is 126 cm³/mol. The van der Waals surface area contributed by atoms with E-state index in [1.54, 1.807) is 13.2 Å². The van der Waals surface area contributed by atoms with Crippen LogP contribution in [0.4, 0.5) is 17.3 Å². The predicted octanol–water partition coefficient (Wildman–Crippen LogP) is 2.85. The number of rotatable bonds is 6. The van der Waals surface area contributed by atoms with Crippen molar-refractivity contribution < 1.29 is 9.47 Å². The van der Waals surface area contributed by atoms with Crippen molar-refractivity contribution in [2.45, 2.75) is 25.8 Å². The van der Waals surface area contributed by atoms with Gasteiger partial charge in [-0.3, -0.25) is 5.32 Å². The maximum absolute atomic E-state index is 9.46. The lowest BCUT2D eigenvalue weighted by atomic mass is 9.95. The molecule has 0 bridgehead atoms. The fourth-order valence-electron chi connectivity index (χ4n) is 3.18. The van der Waals surface area contributed by atoms with E-state index >= 15 is 0 Å². The number of nitrogen functional groups attached to an aromatic ring is 2. The number of guanidine groups is 1. The number of pyridine rings is 1. The molecule has 1 aromatic heterocycles. The van der Waals surface area contributed by atoms with Gasteiger partial charge in [0.2, 0.25) is 5.96 Å². The number of anilines is 3. The summed E-state index contributed by atoms with van der Waals surface area (Å²) in [6, 6.07) is 5.04. The summed E-state index contributed by atoms with van der Waals surface area (Å²) >= 11 is 2.18. The van der Waals surface area contributed by atoms with Crippen LogP contribution < -0.4 is 31.6 Å². The molecule has 2 aromatic rings. The number of nitrogens with one attached hydrogen (secondary N) is 2. The summed E-state index contributed by atoms with van der Waals surface area (Å²) in [5.41, 5.74) is 13.7. The lowest BCUT2D eigenvalue weighted by Crippen LogP contribution is -2.32. The number of nitrogens with zero attached hydrogens (tertiary/aromatic N) is 4. The standard InChI is InChI=1S/C20H21IN8O2/c1-3-4-5-31-17-12(21)6-10(7-13(17)30-2)16-14-15(24)11(8-22)18(25)28-19(14)29-20(27-16)26-9-23/h6-7,16H,3-5H2,1-2H3,(H6,24,25,26,27,28,29). The van der Waals surface area contributed by atoms with E-state index in [2.05, 4.69) is 50.1 Å². The molecular formula is C20H21IN8O2. The lowest BCUT2D eigenvalue weighted by molar-refractivity contribution is 0.286. The number of unbranched alkanes of at least 4 members (excludes halogenated alkanes) is 1. The summed E-state index contributed by atoms with van der Waals surface area (Å²) < 4.78 is 12.3. The van der Waals surface area contributed by atoms with Gasteiger partial charge in [-0.2, -0.15) is 10.5 Å². The van der Waals surface area contributed by atoms with Crippen LogP contribution in [0.1, 0.15) is 42.5 Å². The molecule has 0 spiro atoms. The van der Waals surface area contributed by atoms with E-state index in [1.165, 1.54) is 0 Å². The summed E-state index contributed by atoms with van der Waals surface area (Å²) in [6.45, 7) is 2.67. The van der Waals surface area contributed by atoms with Gasteiger partial charge < -0.3 is 26.3 Å². The zero-order valence-corrected chi connectivity index (χ0v) is 19.1. The van der Waals surface area contributed by atoms with Crippen LogP contribution in [0.25, 0.3) is 0 Å². The van der Waals surface area contributed by atoms with Crippen LogP contribution >= 0.6 is 22.6 Å². The maximum Gasteiger partial charge on any atom is 0.211 e. The van der Waals surface area contributed by atoms with E-state index < -0.39 is 6.04 Å². The van der Waals surface area contributed by atoms with Crippen LogP contribution in [-0.2, 0) is 0 Å². The summed E-state index contributed by atoms with van der Waals surface area (Å²) in [5.74, 6) is 1.70. The van der Waals surface area contributed by atoms with Crippen LogP contribution in [0.5, 0.6) is 11.5 Å². The Kier molecular flexibility index (Phi) is 6.87. The summed E-state index contributed by atoms with van der Waals surface area (Å²) in [4.78, 5) is 8.83. The van der Waals surface area contributed by atoms with E-state index in [9.17, 15) is 5.26 Å². The normalized spacial score (nSPS) is 14.4. The van der Waals surface area contributed by atoms with Gasteiger partial charge in [0.05, 0.1) is 23.0 Å². The Morgan fingerprint density at radius 2 is 2.10 bits per heavy atom. The zero-order valence-electron chi connectivity index (χ0n) is 17.0. The van der Waals surface area contributed by atoms with Crippen molar-refractivity contribution in [1.29, 1.82) is 10.5 Å². The highest BCUT2D eigenvalue weighted by atomic mass is 127. The number of benzene rings is 1. The number of aromatic nitrogens is 1. The van der Waals surface area contributed by atoms with Gasteiger partial charge in [-0.25, -0.2) is 9.98 Å². The molecule has 1 aliphatic rings. The number of ether oxygens (including phenoxy) is 2. The van der Waals surface area contributed by atoms with Gasteiger partial charge in [0.1, 0.15) is 29.3 Å². The molecule has 0 radical (unpaired) electrons. The number of methoxy groups -OCH3 is 1. The second-order valence-corrected chi connectivity index (χ2v) is 7.80. The molecule has 3 rings (SSSR count). The van der Waals surface area contributed by atoms with Gasteiger partial charge in [-0.1, -0.05) is 13.3 Å². The van der Waals surface area contributed by atoms with Gasteiger partial charge >= 0.3 is 0 Å². The molecule has 160 valence electrons. The molecule has 0 saturated heterocycles. The lowest BCUT2D eigenvalue weighted by Gasteiger charge is -2.27. The number of hydrogen-bond donors (Lipinski definition) is 4. The number of aliphatic imine (C=N–C) groups is 1. The highest BCUT2D eigenvalue weighted by Gasteiger charge is 2.30. The van der Waals surface area contributed by atoms with Crippen LogP contribution in [-0.4, -0.2) is 24.7 Å². The van der Waals surface area contributed by atoms with Crippen molar-refractivity contribution in [2.75, 3.05) is 30.5 Å². The highest BCUT2D eigenvalue weighted by molar-refractivity contribution is 14.1. The molecule has 2 heterocycles. The largest absolute Gasteiger partial charge is 0.493 e. The van der Waals surface area contributed by atoms with Gasteiger partial charge in [-0.05, 0) is 46.7 Å². The third-order valence-corrected chi connectivity index (χ3v) is 5.47. The van der Waals surface area contributed by atoms with Crippen LogP contribution in [0, 0.1) is 26.4 Å². The Morgan fingerprint density at radius 3 is 2.74 bits per heavy atom. The molecule has 0 saturated carbocycles. The number of nitrogens with two attached hydrogens (primary N) is 2. The molecule has 31 heavy (non-hydrogen) atoms. The first-order valence-electron chi connectivity index (χ1n) is 9.44. The van der Waals surface area contributed by atoms with E-state index in [1.807, 2.05) is 18.3 Å². The number of fused-ring (bicyclic) bond motifs is 1. The molecule has 0 amide bonds. The summed E-state index contributed by atoms with van der Waals surface area (Å²) in [5, 5.41) is 23.9. The first-order chi connectivity index (χ1) is 14.9. The Hall–Kier alpha value is -3.45. The van der Waals surface area contributed by atoms with Crippen molar-refractivity contribution >= 4 is 45.9 Å². The topological polar surface area (TPSA) is 167 Å². The van der Waals surface area contributed by atoms with Crippen molar-refractivity contribution in [1.82, 2.24) is 10.3 Å². The maximum atomic E-state index is 9.46. The van der Waals surface area contributed by atoms with E-state index in [0.29, 0.717) is 29.5 Å². The smallest absolute Gasteiger partial charge is 0.211 e. The number of halogens is 1. The Balaban J connectivity index is 2.17. The van der Waals surface area contributed by atoms with Crippen molar-refractivity contribution in [3.63, 3.8) is 0 Å². The third kappa shape index (κ3) is 4.36. The van der Waals surface area contributed by atoms with Crippen molar-refractivity contribution in [2.24, 2.45) is 4.99 Å². The number of hydrogen-bond acceptors (Lipinski definition) is 10. The summed E-state index contributed by atoms with van der Waals surface area (Å²) in [7, 11) is 1.56. The van der Waals surface area contributed by atoms with E-state index in [0.717, 1.165) is 22.0 Å². The van der Waals surface area contributed by atoms with Gasteiger partial charge in [0.15, 0.2) is 17.7 Å². The molecular weight excluding hydrogens is 511 g/mol. The minimum absolute atomic E-state index is 0.00459. The number of nitriles is 2. The Morgan fingerprint density at radius 1 is 1.32 bits per heavy atom. The van der Waals surface area contributed by atoms with Crippen molar-refractivity contribution in [3.05, 3.63) is 32.4 Å². The average molecular weight is 532 g/mol. The van der Waals surface area contributed by atoms with Crippen LogP contribution in [0.15, 0.2) is 17.1 Å². The molecule has 6 N–H and O–H groups in total. The molecule has 11 heteroatoms. The monoisotopic (exact) mass is 532 g/mol. The second kappa shape index (κ2) is 9.57. The Labute approximate surface area is 193 Å². The SMILES string of the molecule is CCCCOc1c(I)cc(C2N=C(NC#N)Nc3nc(N)c(C#N)c(N)c32)cc1OC. The molecule has 0 aliphatic carbocycles. The van der Waals surface area contributed by atoms with Gasteiger partial charge in [0.25, 0.3) is 0 Å². The first-order valence-corrected chi connectivity index (χ1v) is 10.5. The molecule has 1 aromatic carbocycles. The quantitative estimate of drug-likeness (QED) is 0.189. The van der Waals surface area contributed by atoms with E-state index in [-0.39, 0.29) is 23.0 Å². The fraction of sp³-hybridized carbons (Fsp3) is 0.300. The molecule has 1 unspecified atom stereocenters. The summed E-state index contributed by atoms with van der Waals surface area (Å²) in [6.07, 6.45) is 3.78. The highest BCUT2D eigenvalue weighted by Crippen LogP contribution is 2.43. The minimum Gasteiger partial charge on any atom is -0.493 e. The van der Waals surface area contributed by atoms with E-state index in [4.69, 9.17) is 26.2 Å². The fourth-order valence-corrected chi connectivity index (χ4v) is 3.96.